The molecule has 116 valence electrons. The van der Waals surface area contributed by atoms with Crippen LogP contribution in [0.25, 0.3) is 11.1 Å². The van der Waals surface area contributed by atoms with Crippen molar-refractivity contribution in [2.24, 2.45) is 0 Å². The molecular formula is C17H19NO4. The van der Waals surface area contributed by atoms with Gasteiger partial charge in [0.25, 0.3) is 5.91 Å². The van der Waals surface area contributed by atoms with Crippen molar-refractivity contribution in [3.8, 4) is 16.9 Å². The number of aliphatic hydroxyl groups is 2. The van der Waals surface area contributed by atoms with E-state index in [-0.39, 0.29) is 38.0 Å². The third-order valence-electron chi connectivity index (χ3n) is 3.36. The second-order valence-electron chi connectivity index (χ2n) is 4.86. The van der Waals surface area contributed by atoms with Crippen molar-refractivity contribution in [2.45, 2.75) is 0 Å². The van der Waals surface area contributed by atoms with Gasteiger partial charge in [0.2, 0.25) is 0 Å². The summed E-state index contributed by atoms with van der Waals surface area (Å²) in [6, 6.07) is 13.9. The summed E-state index contributed by atoms with van der Waals surface area (Å²) in [5, 5.41) is 27.2. The molecule has 0 aliphatic heterocycles. The number of carbonyl (C=O) groups excluding carboxylic acids is 1. The molecule has 5 nitrogen and oxygen atoms in total. The van der Waals surface area contributed by atoms with Crippen molar-refractivity contribution in [3.05, 3.63) is 54.1 Å². The summed E-state index contributed by atoms with van der Waals surface area (Å²) < 4.78 is 0. The molecule has 0 heterocycles. The number of phenols is 1. The Morgan fingerprint density at radius 3 is 1.73 bits per heavy atom. The lowest BCUT2D eigenvalue weighted by molar-refractivity contribution is 0.0685. The summed E-state index contributed by atoms with van der Waals surface area (Å²) in [5.41, 5.74) is 2.39. The Bertz CT molecular complexity index is 602. The molecule has 0 aromatic heterocycles. The number of rotatable bonds is 6. The van der Waals surface area contributed by atoms with Crippen LogP contribution in [0, 0.1) is 0 Å². The normalized spacial score (nSPS) is 10.5. The van der Waals surface area contributed by atoms with Crippen molar-refractivity contribution in [3.63, 3.8) is 0 Å². The maximum atomic E-state index is 12.3. The molecule has 0 unspecified atom stereocenters. The Morgan fingerprint density at radius 1 is 0.818 bits per heavy atom. The molecule has 0 saturated carbocycles. The molecule has 5 heteroatoms. The Hall–Kier alpha value is -2.37. The van der Waals surface area contributed by atoms with E-state index in [1.165, 1.54) is 4.90 Å². The van der Waals surface area contributed by atoms with Crippen LogP contribution in [-0.4, -0.2) is 52.4 Å². The van der Waals surface area contributed by atoms with Crippen LogP contribution in [0.15, 0.2) is 48.5 Å². The van der Waals surface area contributed by atoms with Gasteiger partial charge in [0, 0.05) is 18.7 Å². The van der Waals surface area contributed by atoms with Gasteiger partial charge < -0.3 is 20.2 Å². The van der Waals surface area contributed by atoms with Crippen molar-refractivity contribution in [1.29, 1.82) is 0 Å². The monoisotopic (exact) mass is 301 g/mol. The number of phenolic OH excluding ortho intramolecular Hbond substituents is 1. The van der Waals surface area contributed by atoms with E-state index in [0.717, 1.165) is 11.1 Å². The van der Waals surface area contributed by atoms with Gasteiger partial charge in [-0.15, -0.1) is 0 Å². The van der Waals surface area contributed by atoms with E-state index >= 15 is 0 Å². The summed E-state index contributed by atoms with van der Waals surface area (Å²) in [6.45, 7) is 0.104. The van der Waals surface area contributed by atoms with Crippen LogP contribution in [-0.2, 0) is 0 Å². The first-order valence-corrected chi connectivity index (χ1v) is 7.06. The topological polar surface area (TPSA) is 81.0 Å². The van der Waals surface area contributed by atoms with Gasteiger partial charge in [-0.1, -0.05) is 24.3 Å². The Balaban J connectivity index is 2.17. The average Bonchev–Trinajstić information content (AvgIpc) is 2.55. The first-order valence-electron chi connectivity index (χ1n) is 7.06. The predicted octanol–water partition coefficient (Wildman–Crippen LogP) is 1.49. The number of carbonyl (C=O) groups is 1. The zero-order valence-corrected chi connectivity index (χ0v) is 12.1. The number of aliphatic hydroxyl groups excluding tert-OH is 2. The van der Waals surface area contributed by atoms with Gasteiger partial charge in [0.05, 0.1) is 13.2 Å². The number of hydrogen-bond donors (Lipinski definition) is 3. The molecule has 2 rings (SSSR count). The molecule has 0 saturated heterocycles. The highest BCUT2D eigenvalue weighted by atomic mass is 16.3. The third kappa shape index (κ3) is 3.84. The minimum Gasteiger partial charge on any atom is -0.508 e. The predicted molar refractivity (Wildman–Crippen MR) is 83.6 cm³/mol. The fraction of sp³-hybridized carbons (Fsp3) is 0.235. The highest BCUT2D eigenvalue weighted by Crippen LogP contribution is 2.22. The lowest BCUT2D eigenvalue weighted by Gasteiger charge is -2.20. The fourth-order valence-electron chi connectivity index (χ4n) is 2.20. The summed E-state index contributed by atoms with van der Waals surface area (Å²) >= 11 is 0. The molecule has 0 spiro atoms. The molecule has 0 aliphatic rings. The fourth-order valence-corrected chi connectivity index (χ4v) is 2.20. The van der Waals surface area contributed by atoms with Crippen molar-refractivity contribution in [1.82, 2.24) is 4.90 Å². The van der Waals surface area contributed by atoms with E-state index in [9.17, 15) is 9.90 Å². The van der Waals surface area contributed by atoms with Gasteiger partial charge in [0.1, 0.15) is 5.75 Å². The van der Waals surface area contributed by atoms with E-state index in [4.69, 9.17) is 10.2 Å². The molecule has 2 aromatic rings. The second kappa shape index (κ2) is 7.59. The van der Waals surface area contributed by atoms with Crippen molar-refractivity contribution in [2.75, 3.05) is 26.3 Å². The minimum atomic E-state index is -0.222. The first kappa shape index (κ1) is 16.0. The van der Waals surface area contributed by atoms with Gasteiger partial charge in [-0.2, -0.15) is 0 Å². The molecular weight excluding hydrogens is 282 g/mol. The maximum absolute atomic E-state index is 12.3. The van der Waals surface area contributed by atoms with Gasteiger partial charge in [-0.05, 0) is 35.4 Å². The van der Waals surface area contributed by atoms with Gasteiger partial charge >= 0.3 is 0 Å². The smallest absolute Gasteiger partial charge is 0.254 e. The van der Waals surface area contributed by atoms with E-state index in [1.54, 1.807) is 36.4 Å². The summed E-state index contributed by atoms with van der Waals surface area (Å²) in [4.78, 5) is 13.7. The molecule has 0 fully saturated rings. The molecule has 3 N–H and O–H groups in total. The molecule has 22 heavy (non-hydrogen) atoms. The average molecular weight is 301 g/mol. The van der Waals surface area contributed by atoms with Crippen LogP contribution in [0.2, 0.25) is 0 Å². The largest absolute Gasteiger partial charge is 0.508 e. The summed E-state index contributed by atoms with van der Waals surface area (Å²) in [7, 11) is 0. The van der Waals surface area contributed by atoms with Crippen LogP contribution in [0.1, 0.15) is 10.4 Å². The van der Waals surface area contributed by atoms with Gasteiger partial charge in [-0.25, -0.2) is 0 Å². The highest BCUT2D eigenvalue weighted by molar-refractivity contribution is 5.94. The van der Waals surface area contributed by atoms with Crippen molar-refractivity contribution >= 4 is 5.91 Å². The molecule has 2 aromatic carbocycles. The van der Waals surface area contributed by atoms with Crippen molar-refractivity contribution < 1.29 is 20.1 Å². The molecule has 1 amide bonds. The number of aromatic hydroxyl groups is 1. The molecule has 0 radical (unpaired) electrons. The Morgan fingerprint density at radius 2 is 1.27 bits per heavy atom. The van der Waals surface area contributed by atoms with Crippen LogP contribution in [0.5, 0.6) is 5.75 Å². The second-order valence-corrected chi connectivity index (χ2v) is 4.86. The SMILES string of the molecule is O=C(c1ccc(-c2ccc(O)cc2)cc1)N(CCO)CCO. The minimum absolute atomic E-state index is 0.142. The highest BCUT2D eigenvalue weighted by Gasteiger charge is 2.14. The zero-order valence-electron chi connectivity index (χ0n) is 12.1. The Kier molecular flexibility index (Phi) is 5.52. The number of hydrogen-bond acceptors (Lipinski definition) is 4. The van der Waals surface area contributed by atoms with Crippen LogP contribution >= 0.6 is 0 Å². The Labute approximate surface area is 129 Å². The lowest BCUT2D eigenvalue weighted by Crippen LogP contribution is -2.35. The number of nitrogens with zero attached hydrogens (tertiary/aromatic N) is 1. The van der Waals surface area contributed by atoms with E-state index in [0.29, 0.717) is 5.56 Å². The van der Waals surface area contributed by atoms with E-state index in [2.05, 4.69) is 0 Å². The van der Waals surface area contributed by atoms with Crippen LogP contribution < -0.4 is 0 Å². The molecule has 0 aliphatic carbocycles. The van der Waals surface area contributed by atoms with Crippen LogP contribution in [0.4, 0.5) is 0 Å². The standard InChI is InChI=1S/C17H19NO4/c19-11-9-18(10-12-20)17(22)15-3-1-13(2-4-15)14-5-7-16(21)8-6-14/h1-8,19-21H,9-12H2. The third-order valence-corrected chi connectivity index (χ3v) is 3.36. The summed E-state index contributed by atoms with van der Waals surface area (Å²) in [5.74, 6) is -0.0143. The lowest BCUT2D eigenvalue weighted by atomic mass is 10.0. The van der Waals surface area contributed by atoms with Gasteiger partial charge in [-0.3, -0.25) is 4.79 Å². The summed E-state index contributed by atoms with van der Waals surface area (Å²) in [6.07, 6.45) is 0. The van der Waals surface area contributed by atoms with E-state index in [1.807, 2.05) is 12.1 Å². The number of amides is 1. The zero-order chi connectivity index (χ0) is 15.9. The maximum Gasteiger partial charge on any atom is 0.254 e. The van der Waals surface area contributed by atoms with Crippen LogP contribution in [0.3, 0.4) is 0 Å². The first-order chi connectivity index (χ1) is 10.7. The quantitative estimate of drug-likeness (QED) is 0.755. The van der Waals surface area contributed by atoms with E-state index < -0.39 is 0 Å². The number of benzene rings is 2. The molecule has 0 atom stereocenters. The molecule has 0 bridgehead atoms. The van der Waals surface area contributed by atoms with Gasteiger partial charge in [0.15, 0.2) is 0 Å².